The fourth-order valence-electron chi connectivity index (χ4n) is 3.57. The minimum Gasteiger partial charge on any atom is -0.493 e. The zero-order valence-corrected chi connectivity index (χ0v) is 17.5. The zero-order chi connectivity index (χ0) is 19.8. The number of nitrogens with one attached hydrogen (secondary N) is 1. The van der Waals surface area contributed by atoms with Crippen molar-refractivity contribution in [3.63, 3.8) is 0 Å². The molecule has 6 nitrogen and oxygen atoms in total. The van der Waals surface area contributed by atoms with Gasteiger partial charge in [-0.3, -0.25) is 14.6 Å². The van der Waals surface area contributed by atoms with Gasteiger partial charge in [-0.05, 0) is 43.5 Å². The molecule has 0 unspecified atom stereocenters. The fraction of sp³-hybridized carbons (Fsp3) is 0.667. The molecule has 27 heavy (non-hydrogen) atoms. The van der Waals surface area contributed by atoms with E-state index in [1.165, 1.54) is 11.1 Å². The normalized spacial score (nSPS) is 16.8. The molecule has 2 rings (SSSR count). The van der Waals surface area contributed by atoms with E-state index in [1.807, 2.05) is 6.07 Å². The molecular formula is C21H35N3O3. The van der Waals surface area contributed by atoms with E-state index in [2.05, 4.69) is 42.0 Å². The summed E-state index contributed by atoms with van der Waals surface area (Å²) in [5.41, 5.74) is 2.46. The van der Waals surface area contributed by atoms with Crippen LogP contribution in [-0.4, -0.2) is 68.7 Å². The first-order chi connectivity index (χ1) is 13.0. The lowest BCUT2D eigenvalue weighted by atomic mass is 10.1. The molecule has 1 aromatic rings. The first kappa shape index (κ1) is 21.5. The van der Waals surface area contributed by atoms with Crippen molar-refractivity contribution in [2.75, 3.05) is 46.9 Å². The van der Waals surface area contributed by atoms with Crippen molar-refractivity contribution in [2.24, 2.45) is 0 Å². The van der Waals surface area contributed by atoms with Gasteiger partial charge >= 0.3 is 0 Å². The Kier molecular flexibility index (Phi) is 8.38. The Hall–Kier alpha value is -1.79. The molecule has 0 saturated carbocycles. The predicted molar refractivity (Wildman–Crippen MR) is 109 cm³/mol. The zero-order valence-electron chi connectivity index (χ0n) is 17.5. The van der Waals surface area contributed by atoms with Crippen molar-refractivity contribution >= 4 is 5.91 Å². The molecule has 1 aliphatic rings. The molecule has 1 fully saturated rings. The summed E-state index contributed by atoms with van der Waals surface area (Å²) in [5, 5.41) is 3.09. The van der Waals surface area contributed by atoms with Gasteiger partial charge in [0.2, 0.25) is 5.91 Å². The summed E-state index contributed by atoms with van der Waals surface area (Å²) in [6, 6.07) is 4.37. The molecule has 1 aliphatic heterocycles. The van der Waals surface area contributed by atoms with Gasteiger partial charge in [-0.25, -0.2) is 0 Å². The van der Waals surface area contributed by atoms with E-state index in [0.29, 0.717) is 6.54 Å². The Morgan fingerprint density at radius 3 is 2.30 bits per heavy atom. The molecule has 0 radical (unpaired) electrons. The minimum atomic E-state index is 0.139. The molecule has 6 heteroatoms. The van der Waals surface area contributed by atoms with E-state index in [0.717, 1.165) is 57.1 Å². The number of ether oxygens (including phenoxy) is 2. The number of rotatable bonds is 9. The molecule has 1 saturated heterocycles. The van der Waals surface area contributed by atoms with E-state index in [1.54, 1.807) is 14.2 Å². The molecule has 0 aliphatic carbocycles. The Morgan fingerprint density at radius 1 is 1.11 bits per heavy atom. The van der Waals surface area contributed by atoms with Crippen molar-refractivity contribution in [1.29, 1.82) is 0 Å². The lowest BCUT2D eigenvalue weighted by Gasteiger charge is -2.34. The highest BCUT2D eigenvalue weighted by Crippen LogP contribution is 2.30. The SMILES string of the molecule is CCC[C@@H](C)NC(=O)CN1CCN(Cc2cc(OC)c(OC)cc2C)CC1. The lowest BCUT2D eigenvalue weighted by molar-refractivity contribution is -0.123. The van der Waals surface area contributed by atoms with Crippen LogP contribution in [0.25, 0.3) is 0 Å². The van der Waals surface area contributed by atoms with Crippen LogP contribution in [0, 0.1) is 6.92 Å². The molecular weight excluding hydrogens is 342 g/mol. The maximum absolute atomic E-state index is 12.2. The molecule has 0 aromatic heterocycles. The van der Waals surface area contributed by atoms with E-state index >= 15 is 0 Å². The van der Waals surface area contributed by atoms with Gasteiger partial charge in [0, 0.05) is 38.8 Å². The lowest BCUT2D eigenvalue weighted by Crippen LogP contribution is -2.50. The highest BCUT2D eigenvalue weighted by atomic mass is 16.5. The number of amides is 1. The summed E-state index contributed by atoms with van der Waals surface area (Å²) >= 11 is 0. The number of piperazine rings is 1. The van der Waals surface area contributed by atoms with Crippen LogP contribution in [0.5, 0.6) is 11.5 Å². The minimum absolute atomic E-state index is 0.139. The summed E-state index contributed by atoms with van der Waals surface area (Å²) in [4.78, 5) is 16.8. The van der Waals surface area contributed by atoms with Crippen LogP contribution in [0.1, 0.15) is 37.8 Å². The summed E-state index contributed by atoms with van der Waals surface area (Å²) in [6.45, 7) is 11.5. The van der Waals surface area contributed by atoms with Gasteiger partial charge in [0.25, 0.3) is 0 Å². The van der Waals surface area contributed by atoms with Crippen LogP contribution >= 0.6 is 0 Å². The van der Waals surface area contributed by atoms with Gasteiger partial charge in [0.1, 0.15) is 0 Å². The summed E-state index contributed by atoms with van der Waals surface area (Å²) in [5.74, 6) is 1.68. The maximum atomic E-state index is 12.2. The highest BCUT2D eigenvalue weighted by Gasteiger charge is 2.20. The van der Waals surface area contributed by atoms with Gasteiger partial charge in [0.05, 0.1) is 20.8 Å². The van der Waals surface area contributed by atoms with Crippen LogP contribution in [0.15, 0.2) is 12.1 Å². The van der Waals surface area contributed by atoms with Crippen molar-refractivity contribution in [3.05, 3.63) is 23.3 Å². The van der Waals surface area contributed by atoms with E-state index in [4.69, 9.17) is 9.47 Å². The number of methoxy groups -OCH3 is 2. The first-order valence-corrected chi connectivity index (χ1v) is 9.92. The molecule has 152 valence electrons. The maximum Gasteiger partial charge on any atom is 0.234 e. The average molecular weight is 378 g/mol. The summed E-state index contributed by atoms with van der Waals surface area (Å²) in [6.07, 6.45) is 2.12. The fourth-order valence-corrected chi connectivity index (χ4v) is 3.57. The van der Waals surface area contributed by atoms with Crippen LogP contribution in [0.2, 0.25) is 0 Å². The second-order valence-corrected chi connectivity index (χ2v) is 7.44. The Morgan fingerprint density at radius 2 is 1.70 bits per heavy atom. The van der Waals surface area contributed by atoms with Crippen LogP contribution in [-0.2, 0) is 11.3 Å². The number of carbonyl (C=O) groups excluding carboxylic acids is 1. The topological polar surface area (TPSA) is 54.0 Å². The number of carbonyl (C=O) groups is 1. The van der Waals surface area contributed by atoms with E-state index < -0.39 is 0 Å². The number of benzene rings is 1. The molecule has 1 aromatic carbocycles. The Labute approximate surface area is 163 Å². The first-order valence-electron chi connectivity index (χ1n) is 9.92. The summed E-state index contributed by atoms with van der Waals surface area (Å²) in [7, 11) is 3.33. The standard InChI is InChI=1S/C21H35N3O3/c1-6-7-17(3)22-21(25)15-24-10-8-23(9-11-24)14-18-13-20(27-5)19(26-4)12-16(18)2/h12-13,17H,6-11,14-15H2,1-5H3,(H,22,25)/t17-/m1/s1. The number of aryl methyl sites for hydroxylation is 1. The third-order valence-electron chi connectivity index (χ3n) is 5.20. The molecule has 1 heterocycles. The Balaban J connectivity index is 1.83. The molecule has 1 N–H and O–H groups in total. The van der Waals surface area contributed by atoms with Gasteiger partial charge in [-0.2, -0.15) is 0 Å². The van der Waals surface area contributed by atoms with Gasteiger partial charge in [-0.15, -0.1) is 0 Å². The van der Waals surface area contributed by atoms with Crippen LogP contribution < -0.4 is 14.8 Å². The molecule has 0 spiro atoms. The third-order valence-corrected chi connectivity index (χ3v) is 5.20. The smallest absolute Gasteiger partial charge is 0.234 e. The average Bonchev–Trinajstić information content (AvgIpc) is 2.64. The second kappa shape index (κ2) is 10.5. The highest BCUT2D eigenvalue weighted by molar-refractivity contribution is 5.78. The monoisotopic (exact) mass is 377 g/mol. The quantitative estimate of drug-likeness (QED) is 0.716. The van der Waals surface area contributed by atoms with Gasteiger partial charge < -0.3 is 14.8 Å². The van der Waals surface area contributed by atoms with Crippen LogP contribution in [0.4, 0.5) is 0 Å². The van der Waals surface area contributed by atoms with Gasteiger partial charge in [-0.1, -0.05) is 13.3 Å². The number of hydrogen-bond acceptors (Lipinski definition) is 5. The Bertz CT molecular complexity index is 613. The molecule has 1 atom stereocenters. The third kappa shape index (κ3) is 6.40. The number of hydrogen-bond donors (Lipinski definition) is 1. The van der Waals surface area contributed by atoms with E-state index in [-0.39, 0.29) is 11.9 Å². The van der Waals surface area contributed by atoms with Crippen LogP contribution in [0.3, 0.4) is 0 Å². The van der Waals surface area contributed by atoms with Crippen molar-refractivity contribution < 1.29 is 14.3 Å². The predicted octanol–water partition coefficient (Wildman–Crippen LogP) is 2.43. The van der Waals surface area contributed by atoms with E-state index in [9.17, 15) is 4.79 Å². The second-order valence-electron chi connectivity index (χ2n) is 7.44. The number of nitrogens with zero attached hydrogens (tertiary/aromatic N) is 2. The summed E-state index contributed by atoms with van der Waals surface area (Å²) < 4.78 is 10.8. The van der Waals surface area contributed by atoms with Gasteiger partial charge in [0.15, 0.2) is 11.5 Å². The molecule has 1 amide bonds. The van der Waals surface area contributed by atoms with Crippen molar-refractivity contribution in [1.82, 2.24) is 15.1 Å². The largest absolute Gasteiger partial charge is 0.493 e. The van der Waals surface area contributed by atoms with Crippen molar-refractivity contribution in [2.45, 2.75) is 46.2 Å². The van der Waals surface area contributed by atoms with Crippen molar-refractivity contribution in [3.8, 4) is 11.5 Å². The molecule has 0 bridgehead atoms.